The molecule has 2 heterocycles. The smallest absolute Gasteiger partial charge is 0.340 e. The number of nitrogens with one attached hydrogen (secondary N) is 1. The molecular formula is C22H25NO3S. The number of aliphatic hydroxyl groups excluding tert-OH is 1. The molecule has 3 rings (SSSR count). The first-order chi connectivity index (χ1) is 12.8. The Morgan fingerprint density at radius 2 is 2.07 bits per heavy atom. The van der Waals surface area contributed by atoms with E-state index < -0.39 is 11.6 Å². The molecule has 0 unspecified atom stereocenters. The van der Waals surface area contributed by atoms with Gasteiger partial charge in [0, 0.05) is 17.2 Å². The van der Waals surface area contributed by atoms with E-state index in [1.807, 2.05) is 38.3 Å². The molecule has 0 aliphatic carbocycles. The number of ether oxygens (including phenoxy) is 1. The second kappa shape index (κ2) is 7.38. The standard InChI is InChI=1S/C22H25NO3S/c1-6-26-21(25)16-11-12-27-17(16)10-9-15-8-7-13(2)19-18(15)14(3)20(24)22(4,5)23-19/h7-8,11-12,14,20,23-24H,6H2,1-5H3/t14-,20+/m0/s1. The van der Waals surface area contributed by atoms with Crippen molar-refractivity contribution < 1.29 is 14.6 Å². The zero-order valence-electron chi connectivity index (χ0n) is 16.3. The Hall–Kier alpha value is -2.29. The number of hydrogen-bond acceptors (Lipinski definition) is 5. The molecule has 4 nitrogen and oxygen atoms in total. The zero-order chi connectivity index (χ0) is 19.8. The average molecular weight is 384 g/mol. The summed E-state index contributed by atoms with van der Waals surface area (Å²) in [6, 6.07) is 5.77. The molecule has 2 N–H and O–H groups in total. The van der Waals surface area contributed by atoms with Crippen LogP contribution >= 0.6 is 11.3 Å². The molecular weight excluding hydrogens is 358 g/mol. The van der Waals surface area contributed by atoms with E-state index >= 15 is 0 Å². The van der Waals surface area contributed by atoms with Crippen LogP contribution in [0.15, 0.2) is 23.6 Å². The number of carbonyl (C=O) groups is 1. The van der Waals surface area contributed by atoms with Crippen molar-refractivity contribution in [3.8, 4) is 11.8 Å². The van der Waals surface area contributed by atoms with Gasteiger partial charge in [-0.2, -0.15) is 0 Å². The van der Waals surface area contributed by atoms with Crippen LogP contribution < -0.4 is 5.32 Å². The molecule has 1 aliphatic rings. The second-order valence-corrected chi connectivity index (χ2v) is 8.35. The molecule has 1 aromatic carbocycles. The SMILES string of the molecule is CCOC(=O)c1ccsc1C#Cc1ccc(C)c2c1[C@H](C)[C@@H](O)C(C)(C)N2. The first-order valence-corrected chi connectivity index (χ1v) is 10.0. The highest BCUT2D eigenvalue weighted by Crippen LogP contribution is 2.42. The van der Waals surface area contributed by atoms with Crippen molar-refractivity contribution in [2.75, 3.05) is 11.9 Å². The maximum Gasteiger partial charge on any atom is 0.340 e. The number of rotatable bonds is 2. The summed E-state index contributed by atoms with van der Waals surface area (Å²) in [5.41, 5.74) is 4.17. The van der Waals surface area contributed by atoms with Gasteiger partial charge < -0.3 is 15.2 Å². The summed E-state index contributed by atoms with van der Waals surface area (Å²) in [6.45, 7) is 10.2. The van der Waals surface area contributed by atoms with Gasteiger partial charge in [-0.05, 0) is 62.3 Å². The Bertz CT molecular complexity index is 933. The van der Waals surface area contributed by atoms with Crippen LogP contribution in [0.1, 0.15) is 65.5 Å². The van der Waals surface area contributed by atoms with E-state index in [-0.39, 0.29) is 11.9 Å². The van der Waals surface area contributed by atoms with Crippen LogP contribution in [0.25, 0.3) is 0 Å². The molecule has 5 heteroatoms. The number of benzene rings is 1. The van der Waals surface area contributed by atoms with Crippen LogP contribution in [0.5, 0.6) is 0 Å². The molecule has 27 heavy (non-hydrogen) atoms. The van der Waals surface area contributed by atoms with Gasteiger partial charge in [-0.1, -0.05) is 18.9 Å². The van der Waals surface area contributed by atoms with Crippen molar-refractivity contribution >= 4 is 23.0 Å². The molecule has 2 aromatic rings. The fourth-order valence-corrected chi connectivity index (χ4v) is 4.28. The number of esters is 1. The van der Waals surface area contributed by atoms with Crippen molar-refractivity contribution in [2.45, 2.75) is 52.2 Å². The molecule has 142 valence electrons. The van der Waals surface area contributed by atoms with Crippen molar-refractivity contribution in [3.05, 3.63) is 50.7 Å². The van der Waals surface area contributed by atoms with Crippen LogP contribution in [0.3, 0.4) is 0 Å². The molecule has 1 aliphatic heterocycles. The number of anilines is 1. The third-order valence-corrected chi connectivity index (χ3v) is 5.87. The summed E-state index contributed by atoms with van der Waals surface area (Å²) in [5, 5.41) is 16.0. The van der Waals surface area contributed by atoms with Gasteiger partial charge in [-0.15, -0.1) is 11.3 Å². The second-order valence-electron chi connectivity index (χ2n) is 7.43. The predicted octanol–water partition coefficient (Wildman–Crippen LogP) is 4.30. The highest BCUT2D eigenvalue weighted by atomic mass is 32.1. The number of aliphatic hydroxyl groups is 1. The Morgan fingerprint density at radius 3 is 2.78 bits per heavy atom. The van der Waals surface area contributed by atoms with E-state index in [2.05, 4.69) is 24.1 Å². The molecule has 2 atom stereocenters. The quantitative estimate of drug-likeness (QED) is 0.600. The van der Waals surface area contributed by atoms with Gasteiger partial charge in [0.15, 0.2) is 0 Å². The number of hydrogen-bond donors (Lipinski definition) is 2. The lowest BCUT2D eigenvalue weighted by molar-refractivity contribution is 0.0526. The molecule has 0 saturated heterocycles. The fourth-order valence-electron chi connectivity index (χ4n) is 3.56. The Balaban J connectivity index is 2.04. The van der Waals surface area contributed by atoms with Gasteiger partial charge in [-0.3, -0.25) is 0 Å². The van der Waals surface area contributed by atoms with Gasteiger partial charge in [-0.25, -0.2) is 4.79 Å². The number of thiophene rings is 1. The van der Waals surface area contributed by atoms with Gasteiger partial charge in [0.2, 0.25) is 0 Å². The van der Waals surface area contributed by atoms with E-state index in [4.69, 9.17) is 4.74 Å². The van der Waals surface area contributed by atoms with Gasteiger partial charge >= 0.3 is 5.97 Å². The van der Waals surface area contributed by atoms with Gasteiger partial charge in [0.25, 0.3) is 0 Å². The topological polar surface area (TPSA) is 58.6 Å². The van der Waals surface area contributed by atoms with Crippen molar-refractivity contribution in [1.82, 2.24) is 0 Å². The zero-order valence-corrected chi connectivity index (χ0v) is 17.2. The van der Waals surface area contributed by atoms with Crippen molar-refractivity contribution in [3.63, 3.8) is 0 Å². The minimum atomic E-state index is -0.524. The summed E-state index contributed by atoms with van der Waals surface area (Å²) in [7, 11) is 0. The minimum absolute atomic E-state index is 0.0479. The van der Waals surface area contributed by atoms with Crippen LogP contribution in [0.2, 0.25) is 0 Å². The average Bonchev–Trinajstić information content (AvgIpc) is 3.08. The third kappa shape index (κ3) is 3.60. The van der Waals surface area contributed by atoms with E-state index in [0.717, 1.165) is 22.4 Å². The highest BCUT2D eigenvalue weighted by molar-refractivity contribution is 7.10. The predicted molar refractivity (Wildman–Crippen MR) is 110 cm³/mol. The molecule has 0 spiro atoms. The van der Waals surface area contributed by atoms with E-state index in [1.165, 1.54) is 11.3 Å². The maximum absolute atomic E-state index is 12.1. The molecule has 0 saturated carbocycles. The summed E-state index contributed by atoms with van der Waals surface area (Å²) >= 11 is 1.43. The normalized spacial score (nSPS) is 20.1. The largest absolute Gasteiger partial charge is 0.462 e. The lowest BCUT2D eigenvalue weighted by Crippen LogP contribution is -2.50. The molecule has 0 fully saturated rings. The van der Waals surface area contributed by atoms with Crippen LogP contribution in [0.4, 0.5) is 5.69 Å². The monoisotopic (exact) mass is 383 g/mol. The lowest BCUT2D eigenvalue weighted by Gasteiger charge is -2.43. The highest BCUT2D eigenvalue weighted by Gasteiger charge is 2.39. The maximum atomic E-state index is 12.1. The summed E-state index contributed by atoms with van der Waals surface area (Å²) < 4.78 is 5.10. The summed E-state index contributed by atoms with van der Waals surface area (Å²) in [6.07, 6.45) is -0.524. The van der Waals surface area contributed by atoms with E-state index in [1.54, 1.807) is 13.0 Å². The number of aryl methyl sites for hydroxylation is 1. The molecule has 0 bridgehead atoms. The minimum Gasteiger partial charge on any atom is -0.462 e. The third-order valence-electron chi connectivity index (χ3n) is 5.04. The van der Waals surface area contributed by atoms with Crippen LogP contribution in [-0.4, -0.2) is 29.3 Å². The summed E-state index contributed by atoms with van der Waals surface area (Å²) in [4.78, 5) is 12.7. The van der Waals surface area contributed by atoms with Crippen LogP contribution in [-0.2, 0) is 4.74 Å². The van der Waals surface area contributed by atoms with Crippen molar-refractivity contribution in [1.29, 1.82) is 0 Å². The van der Waals surface area contributed by atoms with Gasteiger partial charge in [0.05, 0.1) is 28.7 Å². The first-order valence-electron chi connectivity index (χ1n) is 9.12. The fraction of sp³-hybridized carbons (Fsp3) is 0.409. The number of carbonyl (C=O) groups excluding carboxylic acids is 1. The van der Waals surface area contributed by atoms with E-state index in [0.29, 0.717) is 17.0 Å². The molecule has 0 amide bonds. The van der Waals surface area contributed by atoms with Crippen molar-refractivity contribution in [2.24, 2.45) is 0 Å². The Labute approximate surface area is 164 Å². The van der Waals surface area contributed by atoms with Gasteiger partial charge in [0.1, 0.15) is 0 Å². The number of fused-ring (bicyclic) bond motifs is 1. The Kier molecular flexibility index (Phi) is 5.32. The van der Waals surface area contributed by atoms with E-state index in [9.17, 15) is 9.90 Å². The molecule has 1 aromatic heterocycles. The molecule has 0 radical (unpaired) electrons. The lowest BCUT2D eigenvalue weighted by atomic mass is 9.76. The summed E-state index contributed by atoms with van der Waals surface area (Å²) in [5.74, 6) is 5.96. The first kappa shape index (κ1) is 19.5. The van der Waals surface area contributed by atoms with Crippen LogP contribution in [0, 0.1) is 18.8 Å². The Morgan fingerprint density at radius 1 is 1.33 bits per heavy atom.